The highest BCUT2D eigenvalue weighted by Crippen LogP contribution is 2.16. The maximum absolute atomic E-state index is 12.3. The molecule has 1 aromatic heterocycles. The van der Waals surface area contributed by atoms with Crippen molar-refractivity contribution in [2.45, 2.75) is 52.1 Å². The first-order valence-corrected chi connectivity index (χ1v) is 6.63. The number of aromatic nitrogens is 2. The predicted octanol–water partition coefficient (Wildman–Crippen LogP) is 2.82. The van der Waals surface area contributed by atoms with Gasteiger partial charge < -0.3 is 9.88 Å². The summed E-state index contributed by atoms with van der Waals surface area (Å²) in [5, 5.41) is 3.17. The minimum atomic E-state index is -0.257. The molecule has 0 saturated carbocycles. The number of hydrogen-bond donors (Lipinski definition) is 1. The first-order chi connectivity index (χ1) is 8.17. The molecule has 0 radical (unpaired) electrons. The van der Waals surface area contributed by atoms with Crippen molar-refractivity contribution in [3.05, 3.63) is 22.7 Å². The lowest BCUT2D eigenvalue weighted by molar-refractivity contribution is 0.382. The van der Waals surface area contributed by atoms with Gasteiger partial charge in [-0.25, -0.2) is 4.98 Å². The van der Waals surface area contributed by atoms with Gasteiger partial charge in [-0.1, -0.05) is 0 Å². The molecule has 0 unspecified atom stereocenters. The Morgan fingerprint density at radius 1 is 1.33 bits per heavy atom. The van der Waals surface area contributed by atoms with Crippen LogP contribution < -0.4 is 10.9 Å². The Balaban J connectivity index is 3.10. The molecular weight excluding hydrogens is 250 g/mol. The fraction of sp³-hybridized carbons (Fsp3) is 0.692. The van der Waals surface area contributed by atoms with Crippen molar-refractivity contribution in [2.75, 3.05) is 11.2 Å². The molecule has 0 bridgehead atoms. The predicted molar refractivity (Wildman–Crippen MR) is 76.5 cm³/mol. The molecule has 0 aliphatic rings. The molecule has 102 valence electrons. The molecule has 1 N–H and O–H groups in total. The molecule has 5 heteroatoms. The Labute approximate surface area is 113 Å². The van der Waals surface area contributed by atoms with Crippen molar-refractivity contribution >= 4 is 17.4 Å². The molecule has 0 amide bonds. The molecule has 0 aliphatic heterocycles. The molecule has 0 spiro atoms. The van der Waals surface area contributed by atoms with E-state index in [1.54, 1.807) is 17.0 Å². The van der Waals surface area contributed by atoms with Gasteiger partial charge in [0.05, 0.1) is 0 Å². The van der Waals surface area contributed by atoms with Crippen LogP contribution in [0, 0.1) is 0 Å². The van der Waals surface area contributed by atoms with E-state index in [0.29, 0.717) is 11.7 Å². The number of anilines is 1. The number of halogens is 1. The van der Waals surface area contributed by atoms with Crippen LogP contribution in [0.4, 0.5) is 5.82 Å². The van der Waals surface area contributed by atoms with Crippen molar-refractivity contribution < 1.29 is 0 Å². The Kier molecular flexibility index (Phi) is 4.43. The average Bonchev–Trinajstić information content (AvgIpc) is 2.18. The molecule has 1 heterocycles. The Morgan fingerprint density at radius 3 is 2.44 bits per heavy atom. The maximum atomic E-state index is 12.3. The van der Waals surface area contributed by atoms with Gasteiger partial charge >= 0.3 is 0 Å². The largest absolute Gasteiger partial charge is 0.361 e. The van der Waals surface area contributed by atoms with Crippen LogP contribution in [0.1, 0.15) is 41.0 Å². The molecule has 1 aromatic rings. The standard InChI is InChI=1S/C13H22ClN3O/c1-12(2,3)17-9-8-15-10(11(17)18)16-13(4,5)6-7-14/h8-9H,6-7H2,1-5H3,(H,15,16). The van der Waals surface area contributed by atoms with Gasteiger partial charge in [0.1, 0.15) is 0 Å². The third-order valence-corrected chi connectivity index (χ3v) is 2.93. The van der Waals surface area contributed by atoms with Gasteiger partial charge in [0.2, 0.25) is 0 Å². The van der Waals surface area contributed by atoms with Gasteiger partial charge in [-0.2, -0.15) is 0 Å². The minimum absolute atomic E-state index is 0.104. The van der Waals surface area contributed by atoms with E-state index in [1.165, 1.54) is 0 Å². The van der Waals surface area contributed by atoms with Crippen molar-refractivity contribution in [2.24, 2.45) is 0 Å². The lowest BCUT2D eigenvalue weighted by atomic mass is 10.0. The second-order valence-corrected chi connectivity index (χ2v) is 6.45. The molecule has 0 saturated heterocycles. The van der Waals surface area contributed by atoms with Crippen LogP contribution in [0.25, 0.3) is 0 Å². The number of nitrogens with one attached hydrogen (secondary N) is 1. The molecule has 0 atom stereocenters. The molecule has 1 rings (SSSR count). The summed E-state index contributed by atoms with van der Waals surface area (Å²) in [7, 11) is 0. The smallest absolute Gasteiger partial charge is 0.293 e. The highest BCUT2D eigenvalue weighted by molar-refractivity contribution is 6.17. The summed E-state index contributed by atoms with van der Waals surface area (Å²) >= 11 is 5.75. The summed E-state index contributed by atoms with van der Waals surface area (Å²) in [6.45, 7) is 9.97. The van der Waals surface area contributed by atoms with Crippen molar-refractivity contribution in [3.63, 3.8) is 0 Å². The fourth-order valence-corrected chi connectivity index (χ4v) is 2.12. The zero-order chi connectivity index (χ0) is 14.0. The van der Waals surface area contributed by atoms with Crippen LogP contribution >= 0.6 is 11.6 Å². The molecule has 0 aromatic carbocycles. The quantitative estimate of drug-likeness (QED) is 0.857. The first-order valence-electron chi connectivity index (χ1n) is 6.10. The summed E-state index contributed by atoms with van der Waals surface area (Å²) in [6.07, 6.45) is 4.12. The topological polar surface area (TPSA) is 46.9 Å². The van der Waals surface area contributed by atoms with Crippen LogP contribution in [0.2, 0.25) is 0 Å². The second kappa shape index (κ2) is 5.31. The van der Waals surface area contributed by atoms with Gasteiger partial charge in [-0.05, 0) is 41.0 Å². The van der Waals surface area contributed by atoms with E-state index < -0.39 is 0 Å². The Bertz CT molecular complexity index is 460. The van der Waals surface area contributed by atoms with E-state index in [1.807, 2.05) is 34.6 Å². The fourth-order valence-electron chi connectivity index (χ4n) is 1.64. The van der Waals surface area contributed by atoms with Crippen molar-refractivity contribution in [1.29, 1.82) is 0 Å². The second-order valence-electron chi connectivity index (χ2n) is 6.07. The van der Waals surface area contributed by atoms with E-state index in [4.69, 9.17) is 11.6 Å². The number of nitrogens with zero attached hydrogens (tertiary/aromatic N) is 2. The Hall–Kier alpha value is -1.03. The van der Waals surface area contributed by atoms with Crippen molar-refractivity contribution in [1.82, 2.24) is 9.55 Å². The van der Waals surface area contributed by atoms with Crippen LogP contribution in [0.15, 0.2) is 17.2 Å². The minimum Gasteiger partial charge on any atom is -0.361 e. The summed E-state index contributed by atoms with van der Waals surface area (Å²) in [6, 6.07) is 0. The van der Waals surface area contributed by atoms with Crippen LogP contribution in [0.5, 0.6) is 0 Å². The average molecular weight is 272 g/mol. The molecular formula is C13H22ClN3O. The Morgan fingerprint density at radius 2 is 1.94 bits per heavy atom. The van der Waals surface area contributed by atoms with Gasteiger partial charge in [0, 0.05) is 29.4 Å². The van der Waals surface area contributed by atoms with Gasteiger partial charge in [0.25, 0.3) is 5.56 Å². The van der Waals surface area contributed by atoms with E-state index in [-0.39, 0.29) is 16.6 Å². The zero-order valence-electron chi connectivity index (χ0n) is 11.7. The third-order valence-electron chi connectivity index (χ3n) is 2.74. The summed E-state index contributed by atoms with van der Waals surface area (Å²) in [5.74, 6) is 0.919. The number of alkyl halides is 1. The lowest BCUT2D eigenvalue weighted by Crippen LogP contribution is -2.39. The van der Waals surface area contributed by atoms with E-state index in [9.17, 15) is 4.79 Å². The van der Waals surface area contributed by atoms with E-state index in [0.717, 1.165) is 6.42 Å². The van der Waals surface area contributed by atoms with E-state index in [2.05, 4.69) is 10.3 Å². The summed E-state index contributed by atoms with van der Waals surface area (Å²) in [5.41, 5.74) is -0.606. The lowest BCUT2D eigenvalue weighted by Gasteiger charge is -2.27. The highest BCUT2D eigenvalue weighted by atomic mass is 35.5. The highest BCUT2D eigenvalue weighted by Gasteiger charge is 2.21. The van der Waals surface area contributed by atoms with Gasteiger partial charge in [-0.15, -0.1) is 11.6 Å². The van der Waals surface area contributed by atoms with Crippen LogP contribution in [0.3, 0.4) is 0 Å². The van der Waals surface area contributed by atoms with E-state index >= 15 is 0 Å². The molecule has 4 nitrogen and oxygen atoms in total. The van der Waals surface area contributed by atoms with Gasteiger partial charge in [0.15, 0.2) is 5.82 Å². The summed E-state index contributed by atoms with van der Waals surface area (Å²) < 4.78 is 1.68. The third kappa shape index (κ3) is 3.73. The molecule has 0 aliphatic carbocycles. The monoisotopic (exact) mass is 271 g/mol. The van der Waals surface area contributed by atoms with Crippen LogP contribution in [-0.4, -0.2) is 21.0 Å². The zero-order valence-corrected chi connectivity index (χ0v) is 12.5. The number of hydrogen-bond acceptors (Lipinski definition) is 3. The number of rotatable bonds is 4. The summed E-state index contributed by atoms with van der Waals surface area (Å²) in [4.78, 5) is 16.4. The van der Waals surface area contributed by atoms with Crippen molar-refractivity contribution in [3.8, 4) is 0 Å². The first kappa shape index (κ1) is 15.0. The normalized spacial score (nSPS) is 12.6. The molecule has 0 fully saturated rings. The maximum Gasteiger partial charge on any atom is 0.293 e. The SMILES string of the molecule is CC(C)(CCCl)Nc1nccn(C(C)(C)C)c1=O. The van der Waals surface area contributed by atoms with Crippen LogP contribution in [-0.2, 0) is 5.54 Å². The van der Waals surface area contributed by atoms with Gasteiger partial charge in [-0.3, -0.25) is 4.79 Å². The molecule has 18 heavy (non-hydrogen) atoms.